The van der Waals surface area contributed by atoms with Crippen LogP contribution in [-0.2, 0) is 19.8 Å². The van der Waals surface area contributed by atoms with Crippen LogP contribution in [0.3, 0.4) is 0 Å². The summed E-state index contributed by atoms with van der Waals surface area (Å²) in [4.78, 5) is 8.53. The van der Waals surface area contributed by atoms with Gasteiger partial charge < -0.3 is 9.84 Å². The fourth-order valence-corrected chi connectivity index (χ4v) is 2.73. The fraction of sp³-hybridized carbons (Fsp3) is 0.316. The predicted molar refractivity (Wildman–Crippen MR) is 95.4 cm³/mol. The smallest absolute Gasteiger partial charge is 0.390 e. The average molecular weight is 392 g/mol. The van der Waals surface area contributed by atoms with Gasteiger partial charge in [0.1, 0.15) is 18.1 Å². The van der Waals surface area contributed by atoms with Crippen LogP contribution in [-0.4, -0.2) is 31.0 Å². The van der Waals surface area contributed by atoms with E-state index in [-0.39, 0.29) is 19.8 Å². The molecule has 3 aromatic rings. The largest absolute Gasteiger partial charge is 0.487 e. The minimum absolute atomic E-state index is 0.116. The lowest BCUT2D eigenvalue weighted by Gasteiger charge is -2.14. The van der Waals surface area contributed by atoms with Crippen molar-refractivity contribution in [1.29, 1.82) is 0 Å². The summed E-state index contributed by atoms with van der Waals surface area (Å²) in [5.74, 6) is 0.438. The highest BCUT2D eigenvalue weighted by atomic mass is 19.4. The first-order valence-corrected chi connectivity index (χ1v) is 8.60. The van der Waals surface area contributed by atoms with Gasteiger partial charge in [-0.25, -0.2) is 0 Å². The van der Waals surface area contributed by atoms with Gasteiger partial charge >= 0.3 is 6.18 Å². The number of hydrogen-bond donors (Lipinski definition) is 1. The average Bonchev–Trinajstić information content (AvgIpc) is 3.13. The van der Waals surface area contributed by atoms with Crippen molar-refractivity contribution in [1.82, 2.24) is 19.7 Å². The molecule has 0 aromatic carbocycles. The van der Waals surface area contributed by atoms with E-state index in [2.05, 4.69) is 15.1 Å². The van der Waals surface area contributed by atoms with Gasteiger partial charge in [-0.3, -0.25) is 14.6 Å². The predicted octanol–water partition coefficient (Wildman–Crippen LogP) is 3.67. The standard InChI is InChI=1S/C19H19F3N4O2/c1-13-4-5-17(15(11-27)25-13)28-12-14-3-2-8-23-18(14)16-6-9-24-26(16)10-7-19(20,21)22/h2-6,8-9,27H,7,10-12H2,1H3. The van der Waals surface area contributed by atoms with Crippen molar-refractivity contribution < 1.29 is 23.0 Å². The molecule has 0 bridgehead atoms. The van der Waals surface area contributed by atoms with Gasteiger partial charge in [-0.05, 0) is 31.2 Å². The third-order valence-corrected chi connectivity index (χ3v) is 4.06. The van der Waals surface area contributed by atoms with Gasteiger partial charge in [0.25, 0.3) is 0 Å². The lowest BCUT2D eigenvalue weighted by atomic mass is 10.1. The zero-order valence-electron chi connectivity index (χ0n) is 15.1. The van der Waals surface area contributed by atoms with Crippen LogP contribution in [0.4, 0.5) is 13.2 Å². The van der Waals surface area contributed by atoms with Gasteiger partial charge in [0.05, 0.1) is 31.0 Å². The van der Waals surface area contributed by atoms with E-state index in [0.717, 1.165) is 5.69 Å². The number of hydrogen-bond acceptors (Lipinski definition) is 5. The summed E-state index contributed by atoms with van der Waals surface area (Å²) in [7, 11) is 0. The van der Waals surface area contributed by atoms with Gasteiger partial charge in [-0.2, -0.15) is 18.3 Å². The molecule has 3 rings (SSSR count). The quantitative estimate of drug-likeness (QED) is 0.664. The Kier molecular flexibility index (Phi) is 5.93. The first-order chi connectivity index (χ1) is 13.4. The summed E-state index contributed by atoms with van der Waals surface area (Å²) in [6, 6.07) is 8.61. The number of rotatable bonds is 7. The number of aliphatic hydroxyl groups is 1. The second kappa shape index (κ2) is 8.39. The Labute approximate surface area is 159 Å². The maximum Gasteiger partial charge on any atom is 0.390 e. The van der Waals surface area contributed by atoms with Gasteiger partial charge in [0.15, 0.2) is 0 Å². The van der Waals surface area contributed by atoms with Crippen LogP contribution in [0.1, 0.15) is 23.4 Å². The van der Waals surface area contributed by atoms with E-state index >= 15 is 0 Å². The van der Waals surface area contributed by atoms with Crippen molar-refractivity contribution in [2.45, 2.75) is 39.3 Å². The molecule has 3 aromatic heterocycles. The van der Waals surface area contributed by atoms with Crippen LogP contribution in [0.25, 0.3) is 11.4 Å². The molecule has 0 amide bonds. The fourth-order valence-electron chi connectivity index (χ4n) is 2.73. The molecule has 0 fully saturated rings. The molecule has 0 saturated heterocycles. The molecule has 0 saturated carbocycles. The zero-order chi connectivity index (χ0) is 20.1. The van der Waals surface area contributed by atoms with Gasteiger partial charge in [0, 0.05) is 23.7 Å². The van der Waals surface area contributed by atoms with Crippen LogP contribution in [0, 0.1) is 6.92 Å². The lowest BCUT2D eigenvalue weighted by Crippen LogP contribution is -2.14. The normalized spacial score (nSPS) is 11.6. The summed E-state index contributed by atoms with van der Waals surface area (Å²) in [6.07, 6.45) is -2.24. The van der Waals surface area contributed by atoms with Crippen LogP contribution in [0.15, 0.2) is 42.7 Å². The number of nitrogens with zero attached hydrogens (tertiary/aromatic N) is 4. The van der Waals surface area contributed by atoms with Crippen molar-refractivity contribution in [2.24, 2.45) is 0 Å². The second-order valence-electron chi connectivity index (χ2n) is 6.16. The van der Waals surface area contributed by atoms with E-state index in [1.165, 1.54) is 10.9 Å². The number of aryl methyl sites for hydroxylation is 2. The molecule has 0 aliphatic carbocycles. The number of alkyl halides is 3. The van der Waals surface area contributed by atoms with Crippen molar-refractivity contribution in [3.63, 3.8) is 0 Å². The molecule has 3 heterocycles. The summed E-state index contributed by atoms with van der Waals surface area (Å²) in [5, 5.41) is 13.4. The minimum atomic E-state index is -4.27. The summed E-state index contributed by atoms with van der Waals surface area (Å²) in [5.41, 5.74) is 2.83. The van der Waals surface area contributed by atoms with Gasteiger partial charge in [-0.15, -0.1) is 0 Å². The van der Waals surface area contributed by atoms with Crippen molar-refractivity contribution in [2.75, 3.05) is 0 Å². The Morgan fingerprint density at radius 3 is 2.71 bits per heavy atom. The number of aliphatic hydroxyl groups excluding tert-OH is 1. The molecule has 9 heteroatoms. The number of pyridine rings is 2. The van der Waals surface area contributed by atoms with E-state index in [1.54, 1.807) is 36.5 Å². The Bertz CT molecular complexity index is 941. The molecule has 1 N–H and O–H groups in total. The van der Waals surface area contributed by atoms with E-state index in [1.807, 2.05) is 6.92 Å². The molecule has 0 aliphatic heterocycles. The summed E-state index contributed by atoms with van der Waals surface area (Å²) in [6.45, 7) is 1.37. The first kappa shape index (κ1) is 19.8. The topological polar surface area (TPSA) is 73.1 Å². The molecular formula is C19H19F3N4O2. The highest BCUT2D eigenvalue weighted by Crippen LogP contribution is 2.26. The molecule has 0 radical (unpaired) electrons. The molecular weight excluding hydrogens is 373 g/mol. The Morgan fingerprint density at radius 2 is 1.96 bits per heavy atom. The van der Waals surface area contributed by atoms with Crippen LogP contribution >= 0.6 is 0 Å². The van der Waals surface area contributed by atoms with Gasteiger partial charge in [-0.1, -0.05) is 6.07 Å². The van der Waals surface area contributed by atoms with Gasteiger partial charge in [0.2, 0.25) is 0 Å². The van der Waals surface area contributed by atoms with E-state index in [9.17, 15) is 18.3 Å². The van der Waals surface area contributed by atoms with Crippen LogP contribution in [0.2, 0.25) is 0 Å². The number of ether oxygens (including phenoxy) is 1. The van der Waals surface area contributed by atoms with Crippen LogP contribution in [0.5, 0.6) is 5.75 Å². The minimum Gasteiger partial charge on any atom is -0.487 e. The maximum absolute atomic E-state index is 12.6. The first-order valence-electron chi connectivity index (χ1n) is 8.60. The third-order valence-electron chi connectivity index (χ3n) is 4.06. The molecule has 6 nitrogen and oxygen atoms in total. The molecule has 0 spiro atoms. The molecule has 0 aliphatic rings. The van der Waals surface area contributed by atoms with E-state index in [0.29, 0.717) is 28.4 Å². The highest BCUT2D eigenvalue weighted by molar-refractivity contribution is 5.58. The SMILES string of the molecule is Cc1ccc(OCc2cccnc2-c2ccnn2CCC(F)(F)F)c(CO)n1. The zero-order valence-corrected chi connectivity index (χ0v) is 15.1. The van der Waals surface area contributed by atoms with Crippen molar-refractivity contribution in [3.8, 4) is 17.1 Å². The maximum atomic E-state index is 12.6. The van der Waals surface area contributed by atoms with Crippen molar-refractivity contribution in [3.05, 3.63) is 59.7 Å². The molecule has 148 valence electrons. The van der Waals surface area contributed by atoms with E-state index in [4.69, 9.17) is 4.74 Å². The molecule has 28 heavy (non-hydrogen) atoms. The Morgan fingerprint density at radius 1 is 1.14 bits per heavy atom. The summed E-state index contributed by atoms with van der Waals surface area (Å²) >= 11 is 0. The lowest BCUT2D eigenvalue weighted by molar-refractivity contribution is -0.137. The van der Waals surface area contributed by atoms with Crippen LogP contribution < -0.4 is 4.74 Å². The Balaban J connectivity index is 1.82. The summed E-state index contributed by atoms with van der Waals surface area (Å²) < 4.78 is 44.8. The molecule has 0 unspecified atom stereocenters. The Hall–Kier alpha value is -2.94. The number of halogens is 3. The number of aromatic nitrogens is 4. The second-order valence-corrected chi connectivity index (χ2v) is 6.16. The highest BCUT2D eigenvalue weighted by Gasteiger charge is 2.27. The van der Waals surface area contributed by atoms with E-state index < -0.39 is 12.6 Å². The third kappa shape index (κ3) is 4.86. The van der Waals surface area contributed by atoms with Crippen molar-refractivity contribution >= 4 is 0 Å². The molecule has 0 atom stereocenters. The monoisotopic (exact) mass is 392 g/mol.